The molecule has 0 unspecified atom stereocenters. The van der Waals surface area contributed by atoms with Gasteiger partial charge in [-0.25, -0.2) is 0 Å². The zero-order chi connectivity index (χ0) is 31.9. The predicted molar refractivity (Wildman–Crippen MR) is 167 cm³/mol. The molecule has 1 aromatic carbocycles. The molecule has 3 aliphatic heterocycles. The highest BCUT2D eigenvalue weighted by molar-refractivity contribution is 8.30. The first-order valence-corrected chi connectivity index (χ1v) is 16.0. The van der Waals surface area contributed by atoms with Crippen LogP contribution in [0.2, 0.25) is 0 Å². The van der Waals surface area contributed by atoms with Gasteiger partial charge in [-0.05, 0) is 24.5 Å². The van der Waals surface area contributed by atoms with Gasteiger partial charge >= 0.3 is 17.9 Å². The summed E-state index contributed by atoms with van der Waals surface area (Å²) in [5.74, 6) is -2.85. The highest BCUT2D eigenvalue weighted by Gasteiger charge is 2.36. The zero-order valence-electron chi connectivity index (χ0n) is 23.5. The third-order valence-corrected chi connectivity index (χ3v) is 10.4. The SMILES string of the molecule is CCOC(=O)CN1/C(=C(/C=c2/s/c(=C3/SC(=S)N(CC(=O)O)C3=O)n(CC(=O)O)c2=O)C(C)C)Sc2cc3c(cc21)OCO3. The van der Waals surface area contributed by atoms with Crippen molar-refractivity contribution in [2.45, 2.75) is 32.2 Å². The molecule has 13 nitrogen and oxygen atoms in total. The molecule has 2 aromatic rings. The molecular weight excluding hydrogens is 655 g/mol. The molecule has 1 amide bonds. The average molecular weight is 680 g/mol. The van der Waals surface area contributed by atoms with Crippen molar-refractivity contribution >= 4 is 91.9 Å². The molecule has 5 rings (SSSR count). The van der Waals surface area contributed by atoms with Gasteiger partial charge in [-0.1, -0.05) is 49.6 Å². The smallest absolute Gasteiger partial charge is 0.325 e. The molecule has 1 fully saturated rings. The van der Waals surface area contributed by atoms with Crippen LogP contribution in [0.4, 0.5) is 5.69 Å². The van der Waals surface area contributed by atoms with Crippen LogP contribution < -0.4 is 29.1 Å². The summed E-state index contributed by atoms with van der Waals surface area (Å²) in [7, 11) is 0. The Hall–Kier alpha value is -3.80. The summed E-state index contributed by atoms with van der Waals surface area (Å²) >= 11 is 8.29. The number of ether oxygens (including phenoxy) is 3. The van der Waals surface area contributed by atoms with Crippen LogP contribution in [0.15, 0.2) is 32.4 Å². The van der Waals surface area contributed by atoms with Gasteiger partial charge in [-0.15, -0.1) is 11.3 Å². The summed E-state index contributed by atoms with van der Waals surface area (Å²) in [5.41, 5.74) is 0.718. The molecule has 3 aliphatic rings. The molecule has 4 heterocycles. The lowest BCUT2D eigenvalue weighted by molar-refractivity contribution is -0.141. The molecule has 232 valence electrons. The van der Waals surface area contributed by atoms with Crippen LogP contribution >= 0.6 is 47.1 Å². The number of thiazole rings is 1. The second kappa shape index (κ2) is 12.7. The molecule has 44 heavy (non-hydrogen) atoms. The van der Waals surface area contributed by atoms with Gasteiger partial charge in [0.15, 0.2) is 11.5 Å². The number of fused-ring (bicyclic) bond motifs is 2. The number of anilines is 1. The number of benzene rings is 1. The summed E-state index contributed by atoms with van der Waals surface area (Å²) < 4.78 is 17.5. The zero-order valence-corrected chi connectivity index (χ0v) is 26.7. The van der Waals surface area contributed by atoms with E-state index in [4.69, 9.17) is 26.4 Å². The van der Waals surface area contributed by atoms with Crippen LogP contribution in [0, 0.1) is 5.92 Å². The van der Waals surface area contributed by atoms with Crippen molar-refractivity contribution in [3.8, 4) is 11.5 Å². The third-order valence-electron chi connectivity index (χ3n) is 6.48. The molecule has 17 heteroatoms. The number of hydrogen-bond donors (Lipinski definition) is 2. The van der Waals surface area contributed by atoms with Crippen molar-refractivity contribution in [1.29, 1.82) is 0 Å². The normalized spacial score (nSPS) is 18.4. The molecule has 1 aromatic heterocycles. The summed E-state index contributed by atoms with van der Waals surface area (Å²) in [6.45, 7) is 4.29. The average Bonchev–Trinajstić information content (AvgIpc) is 3.68. The van der Waals surface area contributed by atoms with Crippen LogP contribution in [-0.4, -0.2) is 74.3 Å². The van der Waals surface area contributed by atoms with E-state index in [2.05, 4.69) is 0 Å². The van der Waals surface area contributed by atoms with Gasteiger partial charge in [0.05, 0.1) is 21.9 Å². The van der Waals surface area contributed by atoms with Crippen molar-refractivity contribution in [2.75, 3.05) is 31.4 Å². The van der Waals surface area contributed by atoms with Gasteiger partial charge in [-0.3, -0.25) is 33.4 Å². The number of nitrogens with zero attached hydrogens (tertiary/aromatic N) is 3. The fraction of sp³-hybridized carbons (Fsp3) is 0.333. The lowest BCUT2D eigenvalue weighted by atomic mass is 10.0. The molecule has 0 spiro atoms. The van der Waals surface area contributed by atoms with E-state index in [1.807, 2.05) is 19.9 Å². The Morgan fingerprint density at radius 3 is 2.36 bits per heavy atom. The van der Waals surface area contributed by atoms with Gasteiger partial charge in [0, 0.05) is 17.0 Å². The van der Waals surface area contributed by atoms with E-state index in [1.165, 1.54) is 11.8 Å². The number of aliphatic carboxylic acids is 2. The first-order chi connectivity index (χ1) is 20.9. The lowest BCUT2D eigenvalue weighted by Crippen LogP contribution is -2.37. The maximum Gasteiger partial charge on any atom is 0.325 e. The third kappa shape index (κ3) is 6.09. The highest BCUT2D eigenvalue weighted by atomic mass is 32.2. The number of rotatable bonds is 9. The Kier molecular flexibility index (Phi) is 9.10. The minimum absolute atomic E-state index is 0.0137. The topological polar surface area (TPSA) is 165 Å². The second-order valence-electron chi connectivity index (χ2n) is 9.76. The number of carbonyl (C=O) groups excluding carboxylic acids is 2. The van der Waals surface area contributed by atoms with E-state index in [9.17, 15) is 34.2 Å². The first-order valence-electron chi connectivity index (χ1n) is 13.1. The predicted octanol–water partition coefficient (Wildman–Crippen LogP) is 1.60. The van der Waals surface area contributed by atoms with Gasteiger partial charge in [0.25, 0.3) is 11.5 Å². The van der Waals surface area contributed by atoms with Crippen molar-refractivity contribution in [2.24, 2.45) is 5.92 Å². The van der Waals surface area contributed by atoms with E-state index in [0.29, 0.717) is 27.8 Å². The summed E-state index contributed by atoms with van der Waals surface area (Å²) in [6, 6.07) is 3.60. The van der Waals surface area contributed by atoms with Crippen LogP contribution in [-0.2, 0) is 30.5 Å². The molecule has 0 saturated carbocycles. The molecule has 1 saturated heterocycles. The molecule has 0 bridgehead atoms. The van der Waals surface area contributed by atoms with Gasteiger partial charge in [0.2, 0.25) is 6.79 Å². The highest BCUT2D eigenvalue weighted by Crippen LogP contribution is 2.52. The van der Waals surface area contributed by atoms with E-state index in [1.54, 1.807) is 24.0 Å². The molecule has 0 aliphatic carbocycles. The molecule has 0 atom stereocenters. The number of carboxylic acids is 2. The van der Waals surface area contributed by atoms with E-state index in [-0.39, 0.29) is 44.3 Å². The van der Waals surface area contributed by atoms with Gasteiger partial charge in [0.1, 0.15) is 33.5 Å². The van der Waals surface area contributed by atoms with Crippen LogP contribution in [0.3, 0.4) is 0 Å². The van der Waals surface area contributed by atoms with E-state index in [0.717, 1.165) is 37.5 Å². The maximum atomic E-state index is 13.7. The fourth-order valence-electron chi connectivity index (χ4n) is 4.56. The molecule has 2 N–H and O–H groups in total. The Morgan fingerprint density at radius 1 is 1.05 bits per heavy atom. The number of aromatic nitrogens is 1. The molecular formula is C27H25N3O10S4. The number of amides is 1. The quantitative estimate of drug-likeness (QED) is 0.290. The van der Waals surface area contributed by atoms with Crippen LogP contribution in [0.5, 0.6) is 11.5 Å². The summed E-state index contributed by atoms with van der Waals surface area (Å²) in [6.07, 6.45) is 1.63. The number of carbonyl (C=O) groups is 4. The lowest BCUT2D eigenvalue weighted by Gasteiger charge is -2.23. The number of thioether (sulfide) groups is 2. The Bertz CT molecular complexity index is 1830. The number of thiocarbonyl (C=S) groups is 1. The van der Waals surface area contributed by atoms with Gasteiger partial charge < -0.3 is 29.3 Å². The molecule has 0 radical (unpaired) electrons. The van der Waals surface area contributed by atoms with Crippen molar-refractivity contribution in [3.05, 3.63) is 42.3 Å². The summed E-state index contributed by atoms with van der Waals surface area (Å²) in [4.78, 5) is 65.9. The van der Waals surface area contributed by atoms with Crippen LogP contribution in [0.25, 0.3) is 11.0 Å². The number of esters is 1. The Labute approximate surface area is 267 Å². The number of carboxylic acid groups (broad SMARTS) is 2. The summed E-state index contributed by atoms with van der Waals surface area (Å²) in [5, 5.41) is 19.4. The first kappa shape index (κ1) is 31.6. The largest absolute Gasteiger partial charge is 0.480 e. The van der Waals surface area contributed by atoms with Gasteiger partial charge in [-0.2, -0.15) is 0 Å². The van der Waals surface area contributed by atoms with E-state index < -0.39 is 42.5 Å². The van der Waals surface area contributed by atoms with Crippen LogP contribution in [0.1, 0.15) is 20.8 Å². The Balaban J connectivity index is 1.70. The second-order valence-corrected chi connectivity index (χ2v) is 13.5. The number of hydrogen-bond acceptors (Lipinski definition) is 13. The van der Waals surface area contributed by atoms with Crippen molar-refractivity contribution < 1.29 is 43.6 Å². The fourth-order valence-corrected chi connectivity index (χ4v) is 8.40. The number of allylic oxidation sites excluding steroid dienone is 1. The van der Waals surface area contributed by atoms with Crippen molar-refractivity contribution in [1.82, 2.24) is 9.47 Å². The Morgan fingerprint density at radius 2 is 1.73 bits per heavy atom. The minimum Gasteiger partial charge on any atom is -0.480 e. The van der Waals surface area contributed by atoms with E-state index >= 15 is 0 Å². The maximum absolute atomic E-state index is 13.7. The minimum atomic E-state index is -1.30. The monoisotopic (exact) mass is 679 g/mol. The standard InChI is InChI=1S/C27H25N3O10S4/c1-4-38-21(35)10-28-14-6-15-16(40-11-39-15)7-17(14)42-25(28)13(12(2)3)5-18-23(36)29(8-19(31)32)26(43-18)22-24(37)30(9-20(33)34)27(41)44-22/h5-7,12H,4,8-11H2,1-3H3,(H,31,32)(H,33,34)/b18-5+,25-13+,26-22+. The van der Waals surface area contributed by atoms with Crippen molar-refractivity contribution in [3.63, 3.8) is 0 Å².